The van der Waals surface area contributed by atoms with Crippen molar-refractivity contribution in [1.29, 1.82) is 0 Å². The molecule has 0 atom stereocenters. The SMILES string of the molecule is COCCN(Cc1ccco1)C(=O)/C=C/c1cccc(C)c1. The molecular formula is C18H21NO3. The molecule has 4 nitrogen and oxygen atoms in total. The number of furan rings is 1. The van der Waals surface area contributed by atoms with Gasteiger partial charge in [-0.3, -0.25) is 4.79 Å². The first-order valence-corrected chi connectivity index (χ1v) is 7.24. The molecule has 0 spiro atoms. The molecule has 4 heteroatoms. The topological polar surface area (TPSA) is 42.7 Å². The van der Waals surface area contributed by atoms with Gasteiger partial charge in [-0.2, -0.15) is 0 Å². The highest BCUT2D eigenvalue weighted by Crippen LogP contribution is 2.09. The van der Waals surface area contributed by atoms with Gasteiger partial charge in [0.1, 0.15) is 5.76 Å². The molecule has 0 radical (unpaired) electrons. The summed E-state index contributed by atoms with van der Waals surface area (Å²) in [5, 5.41) is 0. The highest BCUT2D eigenvalue weighted by atomic mass is 16.5. The van der Waals surface area contributed by atoms with Crippen molar-refractivity contribution in [3.8, 4) is 0 Å². The number of carbonyl (C=O) groups is 1. The number of methoxy groups -OCH3 is 1. The third kappa shape index (κ3) is 4.90. The molecule has 116 valence electrons. The van der Waals surface area contributed by atoms with Crippen LogP contribution in [0.25, 0.3) is 6.08 Å². The first-order valence-electron chi connectivity index (χ1n) is 7.24. The highest BCUT2D eigenvalue weighted by molar-refractivity contribution is 5.91. The van der Waals surface area contributed by atoms with Crippen LogP contribution >= 0.6 is 0 Å². The van der Waals surface area contributed by atoms with Crippen LogP contribution in [0.4, 0.5) is 0 Å². The maximum atomic E-state index is 12.4. The number of benzene rings is 1. The van der Waals surface area contributed by atoms with E-state index >= 15 is 0 Å². The van der Waals surface area contributed by atoms with Crippen LogP contribution in [-0.2, 0) is 16.1 Å². The monoisotopic (exact) mass is 299 g/mol. The van der Waals surface area contributed by atoms with Crippen LogP contribution in [0.1, 0.15) is 16.9 Å². The second-order valence-corrected chi connectivity index (χ2v) is 5.08. The van der Waals surface area contributed by atoms with Crippen LogP contribution in [0.5, 0.6) is 0 Å². The number of hydrogen-bond donors (Lipinski definition) is 0. The number of amides is 1. The normalized spacial score (nSPS) is 11.0. The van der Waals surface area contributed by atoms with Crippen LogP contribution < -0.4 is 0 Å². The van der Waals surface area contributed by atoms with Gasteiger partial charge in [0.05, 0.1) is 19.4 Å². The van der Waals surface area contributed by atoms with Gasteiger partial charge in [0.15, 0.2) is 0 Å². The molecule has 0 saturated heterocycles. The molecule has 1 aromatic heterocycles. The van der Waals surface area contributed by atoms with Gasteiger partial charge >= 0.3 is 0 Å². The molecule has 0 aliphatic rings. The lowest BCUT2D eigenvalue weighted by molar-refractivity contribution is -0.127. The molecule has 0 unspecified atom stereocenters. The summed E-state index contributed by atoms with van der Waals surface area (Å²) in [6, 6.07) is 11.7. The van der Waals surface area contributed by atoms with E-state index in [-0.39, 0.29) is 5.91 Å². The summed E-state index contributed by atoms with van der Waals surface area (Å²) in [6.45, 7) is 3.48. The fraction of sp³-hybridized carbons (Fsp3) is 0.278. The van der Waals surface area contributed by atoms with Gasteiger partial charge < -0.3 is 14.1 Å². The molecule has 22 heavy (non-hydrogen) atoms. The fourth-order valence-corrected chi connectivity index (χ4v) is 2.11. The Morgan fingerprint density at radius 3 is 2.86 bits per heavy atom. The quantitative estimate of drug-likeness (QED) is 0.737. The second-order valence-electron chi connectivity index (χ2n) is 5.08. The largest absolute Gasteiger partial charge is 0.467 e. The maximum Gasteiger partial charge on any atom is 0.247 e. The lowest BCUT2D eigenvalue weighted by Gasteiger charge is -2.19. The van der Waals surface area contributed by atoms with E-state index in [4.69, 9.17) is 9.15 Å². The number of nitrogens with zero attached hydrogens (tertiary/aromatic N) is 1. The summed E-state index contributed by atoms with van der Waals surface area (Å²) in [4.78, 5) is 14.1. The van der Waals surface area contributed by atoms with Gasteiger partial charge in [0.2, 0.25) is 5.91 Å². The van der Waals surface area contributed by atoms with Crippen molar-refractivity contribution in [2.45, 2.75) is 13.5 Å². The van der Waals surface area contributed by atoms with Gasteiger partial charge in [-0.05, 0) is 30.7 Å². The summed E-state index contributed by atoms with van der Waals surface area (Å²) >= 11 is 0. The Kier molecular flexibility index (Phi) is 5.98. The Labute approximate surface area is 131 Å². The second kappa shape index (κ2) is 8.20. The van der Waals surface area contributed by atoms with Gasteiger partial charge in [0.25, 0.3) is 0 Å². The molecule has 2 aromatic rings. The molecule has 0 N–H and O–H groups in total. The van der Waals surface area contributed by atoms with E-state index in [0.717, 1.165) is 11.3 Å². The molecule has 0 aliphatic carbocycles. The molecule has 2 rings (SSSR count). The third-order valence-corrected chi connectivity index (χ3v) is 3.26. The smallest absolute Gasteiger partial charge is 0.247 e. The third-order valence-electron chi connectivity index (χ3n) is 3.26. The van der Waals surface area contributed by atoms with E-state index in [2.05, 4.69) is 0 Å². The highest BCUT2D eigenvalue weighted by Gasteiger charge is 2.12. The Morgan fingerprint density at radius 2 is 2.18 bits per heavy atom. The molecule has 1 aromatic carbocycles. The molecule has 1 heterocycles. The summed E-state index contributed by atoms with van der Waals surface area (Å²) in [5.74, 6) is 0.698. The molecule has 0 saturated carbocycles. The number of ether oxygens (including phenoxy) is 1. The predicted octanol–water partition coefficient (Wildman–Crippen LogP) is 3.28. The zero-order chi connectivity index (χ0) is 15.8. The standard InChI is InChI=1S/C18H21NO3/c1-15-5-3-6-16(13-15)8-9-18(20)19(10-12-21-2)14-17-7-4-11-22-17/h3-9,11,13H,10,12,14H2,1-2H3/b9-8+. The van der Waals surface area contributed by atoms with E-state index in [1.54, 1.807) is 24.3 Å². The van der Waals surface area contributed by atoms with Crippen LogP contribution in [0, 0.1) is 6.92 Å². The van der Waals surface area contributed by atoms with Crippen LogP contribution in [0.15, 0.2) is 53.2 Å². The molecule has 0 bridgehead atoms. The van der Waals surface area contributed by atoms with Crippen LogP contribution in [0.3, 0.4) is 0 Å². The number of rotatable bonds is 7. The number of aryl methyl sites for hydroxylation is 1. The van der Waals surface area contributed by atoms with Crippen molar-refractivity contribution in [1.82, 2.24) is 4.90 Å². The summed E-state index contributed by atoms with van der Waals surface area (Å²) in [6.07, 6.45) is 5.03. The molecular weight excluding hydrogens is 278 g/mol. The summed E-state index contributed by atoms with van der Waals surface area (Å²) in [5.41, 5.74) is 2.18. The Hall–Kier alpha value is -2.33. The van der Waals surface area contributed by atoms with Crippen LogP contribution in [-0.4, -0.2) is 31.1 Å². The van der Waals surface area contributed by atoms with Crippen molar-refractivity contribution in [3.05, 3.63) is 65.6 Å². The molecule has 0 fully saturated rings. The number of hydrogen-bond acceptors (Lipinski definition) is 3. The number of carbonyl (C=O) groups excluding carboxylic acids is 1. The van der Waals surface area contributed by atoms with E-state index in [1.165, 1.54) is 5.56 Å². The first kappa shape index (κ1) is 16.0. The van der Waals surface area contributed by atoms with Gasteiger partial charge in [0, 0.05) is 19.7 Å². The average molecular weight is 299 g/mol. The van der Waals surface area contributed by atoms with Gasteiger partial charge in [-0.1, -0.05) is 29.8 Å². The molecule has 1 amide bonds. The van der Waals surface area contributed by atoms with Crippen molar-refractivity contribution in [2.24, 2.45) is 0 Å². The minimum atomic E-state index is -0.0602. The van der Waals surface area contributed by atoms with E-state index < -0.39 is 0 Å². The van der Waals surface area contributed by atoms with E-state index in [0.29, 0.717) is 19.7 Å². The fourth-order valence-electron chi connectivity index (χ4n) is 2.11. The van der Waals surface area contributed by atoms with Gasteiger partial charge in [-0.15, -0.1) is 0 Å². The lowest BCUT2D eigenvalue weighted by atomic mass is 10.1. The lowest BCUT2D eigenvalue weighted by Crippen LogP contribution is -2.31. The summed E-state index contributed by atoms with van der Waals surface area (Å²) in [7, 11) is 1.62. The minimum Gasteiger partial charge on any atom is -0.467 e. The maximum absolute atomic E-state index is 12.4. The first-order chi connectivity index (χ1) is 10.7. The minimum absolute atomic E-state index is 0.0602. The van der Waals surface area contributed by atoms with Crippen molar-refractivity contribution >= 4 is 12.0 Å². The Bertz CT molecular complexity index is 617. The average Bonchev–Trinajstić information content (AvgIpc) is 3.02. The zero-order valence-electron chi connectivity index (χ0n) is 13.0. The Morgan fingerprint density at radius 1 is 1.32 bits per heavy atom. The Balaban J connectivity index is 2.04. The predicted molar refractivity (Wildman–Crippen MR) is 86.2 cm³/mol. The van der Waals surface area contributed by atoms with Crippen molar-refractivity contribution in [2.75, 3.05) is 20.3 Å². The van der Waals surface area contributed by atoms with Crippen molar-refractivity contribution in [3.63, 3.8) is 0 Å². The van der Waals surface area contributed by atoms with E-state index in [9.17, 15) is 4.79 Å². The summed E-state index contributed by atoms with van der Waals surface area (Å²) < 4.78 is 10.4. The zero-order valence-corrected chi connectivity index (χ0v) is 13.0. The molecule has 0 aliphatic heterocycles. The van der Waals surface area contributed by atoms with Crippen molar-refractivity contribution < 1.29 is 13.9 Å². The van der Waals surface area contributed by atoms with Crippen LogP contribution in [0.2, 0.25) is 0 Å². The van der Waals surface area contributed by atoms with Gasteiger partial charge in [-0.25, -0.2) is 0 Å². The van der Waals surface area contributed by atoms with E-state index in [1.807, 2.05) is 49.4 Å².